The van der Waals surface area contributed by atoms with Gasteiger partial charge in [0.1, 0.15) is 0 Å². The van der Waals surface area contributed by atoms with Gasteiger partial charge in [0.25, 0.3) is 0 Å². The monoisotopic (exact) mass is 236 g/mol. The van der Waals surface area contributed by atoms with E-state index in [-0.39, 0.29) is 5.97 Å². The highest BCUT2D eigenvalue weighted by molar-refractivity contribution is 5.76. The molecular formula is C13H20N2O2. The number of ether oxygens (including phenoxy) is 1. The minimum Gasteiger partial charge on any atom is -0.469 e. The van der Waals surface area contributed by atoms with Gasteiger partial charge in [-0.3, -0.25) is 9.78 Å². The molecule has 0 aliphatic heterocycles. The molecule has 0 fully saturated rings. The van der Waals surface area contributed by atoms with Crippen molar-refractivity contribution in [3.63, 3.8) is 0 Å². The van der Waals surface area contributed by atoms with Crippen LogP contribution in [0.15, 0.2) is 18.2 Å². The van der Waals surface area contributed by atoms with Crippen LogP contribution in [0.4, 0.5) is 0 Å². The maximum atomic E-state index is 11.5. The number of aryl methyl sites for hydroxylation is 1. The van der Waals surface area contributed by atoms with Crippen molar-refractivity contribution in [3.8, 4) is 0 Å². The van der Waals surface area contributed by atoms with Gasteiger partial charge in [0.05, 0.1) is 18.2 Å². The van der Waals surface area contributed by atoms with Crippen molar-refractivity contribution in [3.05, 3.63) is 29.6 Å². The Kier molecular flexibility index (Phi) is 4.63. The molecule has 0 saturated carbocycles. The van der Waals surface area contributed by atoms with Crippen molar-refractivity contribution in [1.82, 2.24) is 10.3 Å². The number of aromatic nitrogens is 1. The lowest BCUT2D eigenvalue weighted by Crippen LogP contribution is -2.36. The van der Waals surface area contributed by atoms with Gasteiger partial charge in [0.15, 0.2) is 0 Å². The van der Waals surface area contributed by atoms with Crippen LogP contribution >= 0.6 is 0 Å². The van der Waals surface area contributed by atoms with E-state index in [0.29, 0.717) is 13.1 Å². The number of hydrogen-bond acceptors (Lipinski definition) is 4. The Hall–Kier alpha value is -1.42. The van der Waals surface area contributed by atoms with Crippen LogP contribution in [0.5, 0.6) is 0 Å². The van der Waals surface area contributed by atoms with Crippen LogP contribution in [0.25, 0.3) is 0 Å². The van der Waals surface area contributed by atoms with Gasteiger partial charge in [-0.1, -0.05) is 6.07 Å². The predicted molar refractivity (Wildman–Crippen MR) is 66.5 cm³/mol. The summed E-state index contributed by atoms with van der Waals surface area (Å²) in [5, 5.41) is 3.22. The van der Waals surface area contributed by atoms with Crippen LogP contribution in [-0.4, -0.2) is 24.6 Å². The van der Waals surface area contributed by atoms with E-state index < -0.39 is 5.41 Å². The Bertz CT molecular complexity index is 389. The van der Waals surface area contributed by atoms with Crippen LogP contribution in [0.2, 0.25) is 0 Å². The fourth-order valence-corrected chi connectivity index (χ4v) is 1.55. The summed E-state index contributed by atoms with van der Waals surface area (Å²) in [5.41, 5.74) is 1.46. The summed E-state index contributed by atoms with van der Waals surface area (Å²) < 4.78 is 4.74. The molecule has 0 saturated heterocycles. The summed E-state index contributed by atoms with van der Waals surface area (Å²) in [6.45, 7) is 6.89. The van der Waals surface area contributed by atoms with Crippen molar-refractivity contribution in [2.45, 2.75) is 27.3 Å². The summed E-state index contributed by atoms with van der Waals surface area (Å²) in [6.07, 6.45) is 0. The molecule has 0 unspecified atom stereocenters. The zero-order valence-corrected chi connectivity index (χ0v) is 10.9. The third kappa shape index (κ3) is 4.15. The zero-order chi connectivity index (χ0) is 12.9. The van der Waals surface area contributed by atoms with Gasteiger partial charge in [-0.25, -0.2) is 0 Å². The zero-order valence-electron chi connectivity index (χ0n) is 10.9. The van der Waals surface area contributed by atoms with E-state index in [2.05, 4.69) is 10.3 Å². The molecule has 17 heavy (non-hydrogen) atoms. The number of methoxy groups -OCH3 is 1. The predicted octanol–water partition coefficient (Wildman–Crippen LogP) is 1.68. The normalized spacial score (nSPS) is 11.3. The third-order valence-corrected chi connectivity index (χ3v) is 2.56. The van der Waals surface area contributed by atoms with Crippen molar-refractivity contribution in [1.29, 1.82) is 0 Å². The number of nitrogens with zero attached hydrogens (tertiary/aromatic N) is 1. The van der Waals surface area contributed by atoms with Gasteiger partial charge in [0, 0.05) is 18.8 Å². The topological polar surface area (TPSA) is 51.2 Å². The second kappa shape index (κ2) is 5.77. The molecule has 0 amide bonds. The van der Waals surface area contributed by atoms with Crippen LogP contribution in [-0.2, 0) is 16.1 Å². The lowest BCUT2D eigenvalue weighted by molar-refractivity contribution is -0.150. The number of nitrogens with one attached hydrogen (secondary N) is 1. The molecule has 1 aromatic rings. The van der Waals surface area contributed by atoms with E-state index in [4.69, 9.17) is 4.74 Å². The standard InChI is InChI=1S/C13H20N2O2/c1-10-6-5-7-11(15-10)8-14-9-13(2,3)12(16)17-4/h5-7,14H,8-9H2,1-4H3. The van der Waals surface area contributed by atoms with Gasteiger partial charge in [-0.05, 0) is 32.9 Å². The van der Waals surface area contributed by atoms with Crippen molar-refractivity contribution < 1.29 is 9.53 Å². The van der Waals surface area contributed by atoms with Gasteiger partial charge in [-0.2, -0.15) is 0 Å². The number of rotatable bonds is 5. The third-order valence-electron chi connectivity index (χ3n) is 2.56. The first-order valence-corrected chi connectivity index (χ1v) is 5.67. The number of carbonyl (C=O) groups is 1. The first kappa shape index (κ1) is 13.6. The molecule has 0 aromatic carbocycles. The highest BCUT2D eigenvalue weighted by Crippen LogP contribution is 2.15. The Morgan fingerprint density at radius 3 is 2.76 bits per heavy atom. The van der Waals surface area contributed by atoms with E-state index in [1.807, 2.05) is 39.0 Å². The molecule has 1 aromatic heterocycles. The molecule has 0 spiro atoms. The largest absolute Gasteiger partial charge is 0.469 e. The summed E-state index contributed by atoms with van der Waals surface area (Å²) in [6, 6.07) is 5.90. The molecule has 0 aliphatic rings. The minimum absolute atomic E-state index is 0.206. The van der Waals surface area contributed by atoms with E-state index >= 15 is 0 Å². The molecule has 1 N–H and O–H groups in total. The van der Waals surface area contributed by atoms with Crippen LogP contribution in [0, 0.1) is 12.3 Å². The van der Waals surface area contributed by atoms with Crippen LogP contribution in [0.1, 0.15) is 25.2 Å². The molecule has 94 valence electrons. The highest BCUT2D eigenvalue weighted by Gasteiger charge is 2.27. The van der Waals surface area contributed by atoms with E-state index in [1.54, 1.807) is 0 Å². The minimum atomic E-state index is -0.515. The molecule has 1 rings (SSSR count). The smallest absolute Gasteiger partial charge is 0.312 e. The maximum Gasteiger partial charge on any atom is 0.312 e. The molecule has 0 radical (unpaired) electrons. The fraction of sp³-hybridized carbons (Fsp3) is 0.538. The summed E-state index contributed by atoms with van der Waals surface area (Å²) in [5.74, 6) is -0.206. The average molecular weight is 236 g/mol. The Labute approximate surface area is 102 Å². The Balaban J connectivity index is 2.45. The first-order valence-electron chi connectivity index (χ1n) is 5.67. The van der Waals surface area contributed by atoms with Gasteiger partial charge in [-0.15, -0.1) is 0 Å². The second-order valence-corrected chi connectivity index (χ2v) is 4.75. The van der Waals surface area contributed by atoms with E-state index in [0.717, 1.165) is 11.4 Å². The summed E-state index contributed by atoms with van der Waals surface area (Å²) in [7, 11) is 1.41. The molecular weight excluding hydrogens is 216 g/mol. The SMILES string of the molecule is COC(=O)C(C)(C)CNCc1cccc(C)n1. The summed E-state index contributed by atoms with van der Waals surface area (Å²) >= 11 is 0. The van der Waals surface area contributed by atoms with Gasteiger partial charge >= 0.3 is 5.97 Å². The lowest BCUT2D eigenvalue weighted by atomic mass is 9.94. The summed E-state index contributed by atoms with van der Waals surface area (Å²) in [4.78, 5) is 15.8. The molecule has 1 heterocycles. The number of pyridine rings is 1. The Morgan fingerprint density at radius 1 is 1.47 bits per heavy atom. The fourth-order valence-electron chi connectivity index (χ4n) is 1.55. The lowest BCUT2D eigenvalue weighted by Gasteiger charge is -2.21. The van der Waals surface area contributed by atoms with Crippen LogP contribution in [0.3, 0.4) is 0 Å². The van der Waals surface area contributed by atoms with Gasteiger partial charge < -0.3 is 10.1 Å². The number of esters is 1. The number of hydrogen-bond donors (Lipinski definition) is 1. The quantitative estimate of drug-likeness (QED) is 0.790. The maximum absolute atomic E-state index is 11.5. The van der Waals surface area contributed by atoms with E-state index in [9.17, 15) is 4.79 Å². The highest BCUT2D eigenvalue weighted by atomic mass is 16.5. The van der Waals surface area contributed by atoms with Crippen molar-refractivity contribution in [2.24, 2.45) is 5.41 Å². The molecule has 0 atom stereocenters. The van der Waals surface area contributed by atoms with E-state index in [1.165, 1.54) is 7.11 Å². The molecule has 4 nitrogen and oxygen atoms in total. The molecule has 0 aliphatic carbocycles. The molecule has 4 heteroatoms. The van der Waals surface area contributed by atoms with Crippen LogP contribution < -0.4 is 5.32 Å². The van der Waals surface area contributed by atoms with Crippen molar-refractivity contribution in [2.75, 3.05) is 13.7 Å². The second-order valence-electron chi connectivity index (χ2n) is 4.75. The average Bonchev–Trinajstić information content (AvgIpc) is 2.27. The van der Waals surface area contributed by atoms with Crippen molar-refractivity contribution >= 4 is 5.97 Å². The molecule has 0 bridgehead atoms. The number of carbonyl (C=O) groups excluding carboxylic acids is 1. The Morgan fingerprint density at radius 2 is 2.18 bits per heavy atom. The van der Waals surface area contributed by atoms with Gasteiger partial charge in [0.2, 0.25) is 0 Å². The first-order chi connectivity index (χ1) is 7.95.